The van der Waals surface area contributed by atoms with Gasteiger partial charge in [-0.3, -0.25) is 14.5 Å². The highest BCUT2D eigenvalue weighted by atomic mass is 32.1. The van der Waals surface area contributed by atoms with E-state index in [9.17, 15) is 14.4 Å². The van der Waals surface area contributed by atoms with E-state index in [-0.39, 0.29) is 29.5 Å². The molecular formula is C16H23N3O4S. The fourth-order valence-corrected chi connectivity index (χ4v) is 3.84. The highest BCUT2D eigenvalue weighted by molar-refractivity contribution is 7.18. The van der Waals surface area contributed by atoms with E-state index in [0.29, 0.717) is 10.6 Å². The molecule has 2 amide bonds. The summed E-state index contributed by atoms with van der Waals surface area (Å²) in [5, 5.41) is 3.06. The summed E-state index contributed by atoms with van der Waals surface area (Å²) in [6, 6.07) is 0. The smallest absolute Gasteiger partial charge is 0.341 e. The molecule has 24 heavy (non-hydrogen) atoms. The summed E-state index contributed by atoms with van der Waals surface area (Å²) in [7, 11) is 0. The number of hydrogen-bond donors (Lipinski definition) is 2. The van der Waals surface area contributed by atoms with E-state index in [1.165, 1.54) is 6.42 Å². The largest absolute Gasteiger partial charge is 0.462 e. The van der Waals surface area contributed by atoms with Gasteiger partial charge in [-0.1, -0.05) is 6.42 Å². The number of piperidine rings is 1. The average molecular weight is 353 g/mol. The number of nitrogens with one attached hydrogen (secondary N) is 1. The van der Waals surface area contributed by atoms with Gasteiger partial charge in [-0.15, -0.1) is 11.3 Å². The Morgan fingerprint density at radius 3 is 2.50 bits per heavy atom. The SMILES string of the molecule is CCOC(=O)c1c(NC(=O)CN2CCCCC2)sc(C(N)=O)c1C. The molecule has 1 aliphatic rings. The minimum absolute atomic E-state index is 0.209. The van der Waals surface area contributed by atoms with Crippen LogP contribution in [0.2, 0.25) is 0 Å². The van der Waals surface area contributed by atoms with Crippen molar-refractivity contribution in [3.8, 4) is 0 Å². The summed E-state index contributed by atoms with van der Waals surface area (Å²) < 4.78 is 5.03. The van der Waals surface area contributed by atoms with Gasteiger partial charge in [0.2, 0.25) is 5.91 Å². The van der Waals surface area contributed by atoms with Crippen LogP contribution in [-0.2, 0) is 9.53 Å². The number of amides is 2. The highest BCUT2D eigenvalue weighted by Crippen LogP contribution is 2.33. The van der Waals surface area contributed by atoms with Crippen molar-refractivity contribution in [2.24, 2.45) is 5.73 Å². The van der Waals surface area contributed by atoms with Crippen LogP contribution in [0.25, 0.3) is 0 Å². The van der Waals surface area contributed by atoms with Crippen molar-refractivity contribution in [3.05, 3.63) is 16.0 Å². The van der Waals surface area contributed by atoms with Crippen LogP contribution in [0.3, 0.4) is 0 Å². The quantitative estimate of drug-likeness (QED) is 0.759. The molecule has 0 saturated carbocycles. The fraction of sp³-hybridized carbons (Fsp3) is 0.562. The maximum atomic E-state index is 12.3. The summed E-state index contributed by atoms with van der Waals surface area (Å²) in [6.07, 6.45) is 3.37. The Bertz CT molecular complexity index is 636. The van der Waals surface area contributed by atoms with Crippen molar-refractivity contribution >= 4 is 34.1 Å². The van der Waals surface area contributed by atoms with Gasteiger partial charge in [0.05, 0.1) is 23.6 Å². The Hall–Kier alpha value is -1.93. The van der Waals surface area contributed by atoms with Gasteiger partial charge in [-0.05, 0) is 45.3 Å². The van der Waals surface area contributed by atoms with E-state index in [1.807, 2.05) is 0 Å². The summed E-state index contributed by atoms with van der Waals surface area (Å²) in [6.45, 7) is 5.60. The average Bonchev–Trinajstić information content (AvgIpc) is 2.85. The Labute approximate surface area is 145 Å². The summed E-state index contributed by atoms with van der Waals surface area (Å²) >= 11 is 1.01. The first-order chi connectivity index (χ1) is 11.4. The second-order valence-corrected chi connectivity index (χ2v) is 6.75. The van der Waals surface area contributed by atoms with Gasteiger partial charge >= 0.3 is 5.97 Å². The standard InChI is InChI=1S/C16H23N3O4S/c1-3-23-16(22)12-10(2)13(14(17)21)24-15(12)18-11(20)9-19-7-5-4-6-8-19/h3-9H2,1-2H3,(H2,17,21)(H,18,20). The Morgan fingerprint density at radius 2 is 1.92 bits per heavy atom. The van der Waals surface area contributed by atoms with Crippen molar-refractivity contribution in [3.63, 3.8) is 0 Å². The predicted octanol–water partition coefficient (Wildman–Crippen LogP) is 1.76. The number of anilines is 1. The molecule has 1 fully saturated rings. The first kappa shape index (κ1) is 18.4. The topological polar surface area (TPSA) is 102 Å². The zero-order valence-corrected chi connectivity index (χ0v) is 14.8. The maximum Gasteiger partial charge on any atom is 0.341 e. The molecule has 0 aliphatic carbocycles. The summed E-state index contributed by atoms with van der Waals surface area (Å²) in [5.74, 6) is -1.40. The van der Waals surface area contributed by atoms with E-state index >= 15 is 0 Å². The second-order valence-electron chi connectivity index (χ2n) is 5.73. The normalized spacial score (nSPS) is 15.1. The lowest BCUT2D eigenvalue weighted by Gasteiger charge is -2.25. The lowest BCUT2D eigenvalue weighted by molar-refractivity contribution is -0.117. The zero-order valence-electron chi connectivity index (χ0n) is 14.0. The lowest BCUT2D eigenvalue weighted by atomic mass is 10.1. The molecule has 0 bridgehead atoms. The maximum absolute atomic E-state index is 12.3. The van der Waals surface area contributed by atoms with Crippen LogP contribution in [0.4, 0.5) is 5.00 Å². The number of thiophene rings is 1. The molecule has 0 unspecified atom stereocenters. The molecule has 132 valence electrons. The second kappa shape index (κ2) is 8.25. The van der Waals surface area contributed by atoms with Crippen LogP contribution in [0.1, 0.15) is 51.8 Å². The van der Waals surface area contributed by atoms with Crippen LogP contribution in [0, 0.1) is 6.92 Å². The van der Waals surface area contributed by atoms with Crippen molar-refractivity contribution in [2.45, 2.75) is 33.1 Å². The van der Waals surface area contributed by atoms with Gasteiger partial charge in [0.1, 0.15) is 5.00 Å². The number of carbonyl (C=O) groups excluding carboxylic acids is 3. The Balaban J connectivity index is 2.18. The molecular weight excluding hydrogens is 330 g/mol. The van der Waals surface area contributed by atoms with Crippen molar-refractivity contribution in [1.82, 2.24) is 4.90 Å². The Morgan fingerprint density at radius 1 is 1.25 bits per heavy atom. The Kier molecular flexibility index (Phi) is 6.33. The van der Waals surface area contributed by atoms with E-state index in [2.05, 4.69) is 10.2 Å². The molecule has 0 atom stereocenters. The number of nitrogens with two attached hydrogens (primary N) is 1. The van der Waals surface area contributed by atoms with Gasteiger partial charge in [0.15, 0.2) is 0 Å². The summed E-state index contributed by atoms with van der Waals surface area (Å²) in [5.41, 5.74) is 6.00. The number of nitrogens with zero attached hydrogens (tertiary/aromatic N) is 1. The lowest BCUT2D eigenvalue weighted by Crippen LogP contribution is -2.36. The van der Waals surface area contributed by atoms with Crippen LogP contribution < -0.4 is 11.1 Å². The van der Waals surface area contributed by atoms with Crippen LogP contribution >= 0.6 is 11.3 Å². The molecule has 7 nitrogen and oxygen atoms in total. The molecule has 1 aliphatic heterocycles. The number of esters is 1. The molecule has 2 heterocycles. The molecule has 2 rings (SSSR count). The van der Waals surface area contributed by atoms with E-state index in [4.69, 9.17) is 10.5 Å². The molecule has 8 heteroatoms. The van der Waals surface area contributed by atoms with E-state index in [0.717, 1.165) is 37.3 Å². The third-order valence-corrected chi connectivity index (χ3v) is 5.14. The zero-order chi connectivity index (χ0) is 17.7. The minimum atomic E-state index is -0.625. The van der Waals surface area contributed by atoms with Crippen LogP contribution in [0.5, 0.6) is 0 Å². The van der Waals surface area contributed by atoms with Crippen molar-refractivity contribution in [1.29, 1.82) is 0 Å². The molecule has 0 radical (unpaired) electrons. The number of ether oxygens (including phenoxy) is 1. The van der Waals surface area contributed by atoms with Crippen molar-refractivity contribution in [2.75, 3.05) is 31.6 Å². The minimum Gasteiger partial charge on any atom is -0.462 e. The highest BCUT2D eigenvalue weighted by Gasteiger charge is 2.26. The first-order valence-electron chi connectivity index (χ1n) is 8.06. The summed E-state index contributed by atoms with van der Waals surface area (Å²) in [4.78, 5) is 38.3. The van der Waals surface area contributed by atoms with Gasteiger partial charge in [-0.25, -0.2) is 4.79 Å². The van der Waals surface area contributed by atoms with Crippen LogP contribution in [-0.4, -0.2) is 48.9 Å². The number of carbonyl (C=O) groups is 3. The van der Waals surface area contributed by atoms with Gasteiger partial charge < -0.3 is 15.8 Å². The fourth-order valence-electron chi connectivity index (χ4n) is 2.77. The molecule has 1 aromatic heterocycles. The van der Waals surface area contributed by atoms with E-state index < -0.39 is 11.9 Å². The number of likely N-dealkylation sites (tertiary alicyclic amines) is 1. The number of rotatable bonds is 6. The number of primary amides is 1. The first-order valence-corrected chi connectivity index (χ1v) is 8.88. The van der Waals surface area contributed by atoms with E-state index in [1.54, 1.807) is 13.8 Å². The molecule has 1 aromatic rings. The number of hydrogen-bond acceptors (Lipinski definition) is 6. The van der Waals surface area contributed by atoms with Gasteiger partial charge in [0, 0.05) is 0 Å². The molecule has 1 saturated heterocycles. The third-order valence-electron chi connectivity index (χ3n) is 3.92. The molecule has 3 N–H and O–H groups in total. The molecule has 0 aromatic carbocycles. The third kappa shape index (κ3) is 4.33. The van der Waals surface area contributed by atoms with Crippen LogP contribution in [0.15, 0.2) is 0 Å². The predicted molar refractivity (Wildman–Crippen MR) is 92.5 cm³/mol. The van der Waals surface area contributed by atoms with Gasteiger partial charge in [-0.2, -0.15) is 0 Å². The monoisotopic (exact) mass is 353 g/mol. The van der Waals surface area contributed by atoms with Crippen molar-refractivity contribution < 1.29 is 19.1 Å². The molecule has 0 spiro atoms. The van der Waals surface area contributed by atoms with Gasteiger partial charge in [0.25, 0.3) is 5.91 Å².